The van der Waals surface area contributed by atoms with Crippen LogP contribution in [0, 0.1) is 19.3 Å². The maximum atomic E-state index is 12.7. The number of esters is 1. The molecule has 0 saturated carbocycles. The van der Waals surface area contributed by atoms with Crippen LogP contribution in [0.1, 0.15) is 18.1 Å². The van der Waals surface area contributed by atoms with Crippen molar-refractivity contribution in [1.82, 2.24) is 0 Å². The Balaban J connectivity index is 3.17. The molecule has 0 heterocycles. The molecule has 21 heavy (non-hydrogen) atoms. The summed E-state index contributed by atoms with van der Waals surface area (Å²) in [6.45, 7) is 3.03. The first-order valence-electron chi connectivity index (χ1n) is 5.73. The lowest BCUT2D eigenvalue weighted by atomic mass is 9.89. The van der Waals surface area contributed by atoms with Gasteiger partial charge in [0.05, 0.1) is 0 Å². The Labute approximate surface area is 116 Å². The van der Waals surface area contributed by atoms with Crippen molar-refractivity contribution in [3.8, 4) is 5.75 Å². The predicted molar refractivity (Wildman–Crippen MR) is 61.8 cm³/mol. The zero-order valence-corrected chi connectivity index (χ0v) is 11.3. The highest BCUT2D eigenvalue weighted by Crippen LogP contribution is 2.50. The van der Waals surface area contributed by atoms with Gasteiger partial charge in [-0.05, 0) is 44.0 Å². The average Bonchev–Trinajstić information content (AvgIpc) is 2.29. The van der Waals surface area contributed by atoms with Crippen molar-refractivity contribution in [2.75, 3.05) is 0 Å². The molecule has 0 aromatic heterocycles. The fourth-order valence-corrected chi connectivity index (χ4v) is 1.38. The van der Waals surface area contributed by atoms with Gasteiger partial charge in [0.15, 0.2) is 0 Å². The number of aryl methyl sites for hydroxylation is 2. The van der Waals surface area contributed by atoms with Gasteiger partial charge in [0.25, 0.3) is 5.41 Å². The number of halogens is 6. The molecule has 1 aromatic carbocycles. The van der Waals surface area contributed by atoms with Crippen LogP contribution in [-0.2, 0) is 4.79 Å². The van der Waals surface area contributed by atoms with Crippen LogP contribution >= 0.6 is 0 Å². The van der Waals surface area contributed by atoms with Gasteiger partial charge in [0, 0.05) is 0 Å². The highest BCUT2D eigenvalue weighted by atomic mass is 19.4. The molecule has 2 nitrogen and oxygen atoms in total. The molecule has 0 unspecified atom stereocenters. The fraction of sp³-hybridized carbons (Fsp3) is 0.462. The summed E-state index contributed by atoms with van der Waals surface area (Å²) < 4.78 is 80.3. The lowest BCUT2D eigenvalue weighted by Gasteiger charge is -2.31. The molecule has 0 atom stereocenters. The van der Waals surface area contributed by atoms with E-state index >= 15 is 0 Å². The molecule has 8 heteroatoms. The van der Waals surface area contributed by atoms with E-state index in [1.54, 1.807) is 13.8 Å². The second kappa shape index (κ2) is 5.23. The van der Waals surface area contributed by atoms with E-state index in [2.05, 4.69) is 4.74 Å². The summed E-state index contributed by atoms with van der Waals surface area (Å²) in [4.78, 5) is 11.5. The van der Waals surface area contributed by atoms with Gasteiger partial charge in [0.2, 0.25) is 0 Å². The molecule has 1 aromatic rings. The minimum atomic E-state index is -5.82. The molecule has 0 aliphatic carbocycles. The summed E-state index contributed by atoms with van der Waals surface area (Å²) in [5.74, 6) is -2.78. The van der Waals surface area contributed by atoms with E-state index < -0.39 is 23.7 Å². The monoisotopic (exact) mass is 314 g/mol. The largest absolute Gasteiger partial charge is 0.426 e. The molecule has 0 saturated heterocycles. The Bertz CT molecular complexity index is 531. The van der Waals surface area contributed by atoms with Crippen molar-refractivity contribution in [3.63, 3.8) is 0 Å². The Morgan fingerprint density at radius 1 is 0.952 bits per heavy atom. The quantitative estimate of drug-likeness (QED) is 0.461. The molecule has 0 aliphatic heterocycles. The molecule has 0 spiro atoms. The molecule has 1 rings (SSSR count). The number of carbonyl (C=O) groups excluding carboxylic acids is 1. The molecule has 0 aliphatic rings. The first-order chi connectivity index (χ1) is 9.30. The van der Waals surface area contributed by atoms with Crippen LogP contribution in [0.5, 0.6) is 5.75 Å². The maximum absolute atomic E-state index is 12.7. The van der Waals surface area contributed by atoms with Gasteiger partial charge in [-0.1, -0.05) is 6.07 Å². The zero-order valence-electron chi connectivity index (χ0n) is 11.3. The summed E-state index contributed by atoms with van der Waals surface area (Å²) >= 11 is 0. The number of rotatable bonds is 2. The van der Waals surface area contributed by atoms with E-state index in [0.29, 0.717) is 5.56 Å². The zero-order chi connectivity index (χ0) is 16.6. The van der Waals surface area contributed by atoms with Crippen LogP contribution in [0.3, 0.4) is 0 Å². The van der Waals surface area contributed by atoms with Crippen molar-refractivity contribution in [2.24, 2.45) is 5.41 Å². The van der Waals surface area contributed by atoms with E-state index in [4.69, 9.17) is 0 Å². The van der Waals surface area contributed by atoms with Crippen molar-refractivity contribution >= 4 is 5.97 Å². The molecule has 0 fully saturated rings. The first kappa shape index (κ1) is 17.3. The Kier molecular flexibility index (Phi) is 4.32. The number of carbonyl (C=O) groups is 1. The van der Waals surface area contributed by atoms with E-state index in [1.807, 2.05) is 0 Å². The third-order valence-corrected chi connectivity index (χ3v) is 3.23. The molecule has 0 bridgehead atoms. The first-order valence-corrected chi connectivity index (χ1v) is 5.73. The van der Waals surface area contributed by atoms with E-state index in [1.165, 1.54) is 12.1 Å². The number of alkyl halides is 6. The van der Waals surface area contributed by atoms with Crippen molar-refractivity contribution in [1.29, 1.82) is 0 Å². The molecule has 0 radical (unpaired) electrons. The highest BCUT2D eigenvalue weighted by Gasteiger charge is 2.73. The number of benzene rings is 1. The Morgan fingerprint density at radius 3 is 1.81 bits per heavy atom. The van der Waals surface area contributed by atoms with E-state index in [0.717, 1.165) is 11.6 Å². The molecule has 0 N–H and O–H groups in total. The number of hydrogen-bond donors (Lipinski definition) is 0. The van der Waals surface area contributed by atoms with Crippen LogP contribution in [0.4, 0.5) is 26.3 Å². The topological polar surface area (TPSA) is 26.3 Å². The second-order valence-electron chi connectivity index (χ2n) is 4.76. The standard InChI is InChI=1S/C13H12F6O2/c1-7-4-5-9(6-8(7)2)21-10(20)11(3,12(14,15)16)13(17,18)19/h4-6H,1-3H3. The minimum absolute atomic E-state index is 0.240. The van der Waals surface area contributed by atoms with Gasteiger partial charge >= 0.3 is 18.3 Å². The average molecular weight is 314 g/mol. The van der Waals surface area contributed by atoms with E-state index in [-0.39, 0.29) is 12.7 Å². The Hall–Kier alpha value is -1.73. The van der Waals surface area contributed by atoms with Crippen molar-refractivity contribution in [3.05, 3.63) is 29.3 Å². The summed E-state index contributed by atoms with van der Waals surface area (Å²) in [5, 5.41) is 0. The number of hydrogen-bond acceptors (Lipinski definition) is 2. The summed E-state index contributed by atoms with van der Waals surface area (Å²) in [7, 11) is 0. The van der Waals surface area contributed by atoms with Gasteiger partial charge < -0.3 is 4.74 Å². The van der Waals surface area contributed by atoms with E-state index in [9.17, 15) is 31.1 Å². The van der Waals surface area contributed by atoms with Gasteiger partial charge in [0.1, 0.15) is 5.75 Å². The van der Waals surface area contributed by atoms with Crippen molar-refractivity contribution in [2.45, 2.75) is 33.1 Å². The van der Waals surface area contributed by atoms with Crippen LogP contribution in [-0.4, -0.2) is 18.3 Å². The molecular formula is C13H12F6O2. The molecule has 118 valence electrons. The Morgan fingerprint density at radius 2 is 1.43 bits per heavy atom. The minimum Gasteiger partial charge on any atom is -0.426 e. The summed E-state index contributed by atoms with van der Waals surface area (Å²) in [6.07, 6.45) is -11.6. The van der Waals surface area contributed by atoms with Gasteiger partial charge in [-0.15, -0.1) is 0 Å². The van der Waals surface area contributed by atoms with Gasteiger partial charge in [-0.25, -0.2) is 0 Å². The van der Waals surface area contributed by atoms with Crippen molar-refractivity contribution < 1.29 is 35.9 Å². The third kappa shape index (κ3) is 3.14. The lowest BCUT2D eigenvalue weighted by molar-refractivity contribution is -0.323. The molecular weight excluding hydrogens is 302 g/mol. The van der Waals surface area contributed by atoms with Gasteiger partial charge in [-0.3, -0.25) is 4.79 Å². The summed E-state index contributed by atoms with van der Waals surface area (Å²) in [5.41, 5.74) is -3.26. The number of ether oxygens (including phenoxy) is 1. The second-order valence-corrected chi connectivity index (χ2v) is 4.76. The smallest absolute Gasteiger partial charge is 0.413 e. The third-order valence-electron chi connectivity index (χ3n) is 3.23. The normalized spacial score (nSPS) is 13.2. The van der Waals surface area contributed by atoms with Crippen LogP contribution in [0.15, 0.2) is 18.2 Å². The summed E-state index contributed by atoms with van der Waals surface area (Å²) in [6, 6.07) is 3.75. The fourth-order valence-electron chi connectivity index (χ4n) is 1.38. The van der Waals surface area contributed by atoms with Crippen LogP contribution in [0.25, 0.3) is 0 Å². The maximum Gasteiger partial charge on any atom is 0.413 e. The highest BCUT2D eigenvalue weighted by molar-refractivity contribution is 5.80. The SMILES string of the molecule is Cc1ccc(OC(=O)C(C)(C(F)(F)F)C(F)(F)F)cc1C. The van der Waals surface area contributed by atoms with Crippen LogP contribution in [0.2, 0.25) is 0 Å². The van der Waals surface area contributed by atoms with Gasteiger partial charge in [-0.2, -0.15) is 26.3 Å². The van der Waals surface area contributed by atoms with Crippen LogP contribution < -0.4 is 4.74 Å². The predicted octanol–water partition coefficient (Wildman–Crippen LogP) is 4.34. The lowest BCUT2D eigenvalue weighted by Crippen LogP contribution is -2.55. The molecule has 0 amide bonds.